The second-order valence-corrected chi connectivity index (χ2v) is 9.99. The molecular weight excluding hydrogens is 465 g/mol. The van der Waals surface area contributed by atoms with Gasteiger partial charge in [-0.05, 0) is 51.0 Å². The Morgan fingerprint density at radius 3 is 2.36 bits per heavy atom. The van der Waals surface area contributed by atoms with Crippen molar-refractivity contribution in [3.05, 3.63) is 58.6 Å². The molecule has 0 aliphatic heterocycles. The minimum Gasteiger partial charge on any atom is -0.484 e. The van der Waals surface area contributed by atoms with Gasteiger partial charge >= 0.3 is 6.09 Å². The van der Waals surface area contributed by atoms with Crippen LogP contribution >= 0.6 is 0 Å². The van der Waals surface area contributed by atoms with Crippen LogP contribution < -0.4 is 20.9 Å². The Bertz CT molecular complexity index is 1360. The molecule has 2 amide bonds. The number of nitrogens with zero attached hydrogens (tertiary/aromatic N) is 2. The minimum atomic E-state index is -0.792. The first-order valence-electron chi connectivity index (χ1n) is 11.6. The summed E-state index contributed by atoms with van der Waals surface area (Å²) in [5.41, 5.74) is 4.57. The molecule has 2 N–H and O–H groups in total. The Hall–Kier alpha value is -3.88. The smallest absolute Gasteiger partial charge is 0.415 e. The summed E-state index contributed by atoms with van der Waals surface area (Å²) >= 11 is 0. The third-order valence-electron chi connectivity index (χ3n) is 5.27. The van der Waals surface area contributed by atoms with Gasteiger partial charge in [0.1, 0.15) is 23.0 Å². The van der Waals surface area contributed by atoms with Gasteiger partial charge in [-0.1, -0.05) is 32.0 Å². The zero-order chi connectivity index (χ0) is 26.8. The molecular formula is C27H32FN3O5. The molecule has 8 nitrogen and oxygen atoms in total. The van der Waals surface area contributed by atoms with Crippen LogP contribution in [0.25, 0.3) is 21.9 Å². The summed E-state index contributed by atoms with van der Waals surface area (Å²) in [4.78, 5) is 39.4. The van der Waals surface area contributed by atoms with E-state index in [4.69, 9.17) is 15.2 Å². The Morgan fingerprint density at radius 2 is 1.78 bits per heavy atom. The van der Waals surface area contributed by atoms with Gasteiger partial charge in [-0.3, -0.25) is 19.1 Å². The van der Waals surface area contributed by atoms with Crippen LogP contribution in [0.5, 0.6) is 5.75 Å². The molecule has 1 aromatic heterocycles. The zero-order valence-electron chi connectivity index (χ0n) is 21.4. The summed E-state index contributed by atoms with van der Waals surface area (Å²) < 4.78 is 27.8. The van der Waals surface area contributed by atoms with Gasteiger partial charge in [0, 0.05) is 35.5 Å². The van der Waals surface area contributed by atoms with Crippen LogP contribution in [0, 0.1) is 11.7 Å². The number of halogens is 1. The Labute approximate surface area is 209 Å². The molecule has 3 rings (SSSR count). The van der Waals surface area contributed by atoms with Crippen molar-refractivity contribution < 1.29 is 23.5 Å². The van der Waals surface area contributed by atoms with Crippen LogP contribution in [0.4, 0.5) is 15.0 Å². The van der Waals surface area contributed by atoms with Gasteiger partial charge in [0.05, 0.1) is 0 Å². The number of fused-ring (bicyclic) bond motifs is 1. The number of anilines is 1. The number of primary amides is 1. The number of rotatable bonds is 7. The quantitative estimate of drug-likeness (QED) is 0.510. The standard InChI is InChI=1S/C27H32FN3O5/c1-16(2)14-31-24(30(6)26(34)36-27(3,4)5)23(19-9-7-8-10-21(19)28)20-13-17(35-15-22(29)32)11-12-18(20)25(31)33/h7-13,16H,14-15H2,1-6H3,(H2,29,32). The molecule has 0 atom stereocenters. The van der Waals surface area contributed by atoms with E-state index in [-0.39, 0.29) is 41.8 Å². The number of nitrogens with two attached hydrogens (primary N) is 1. The van der Waals surface area contributed by atoms with E-state index in [0.29, 0.717) is 16.3 Å². The predicted octanol–water partition coefficient (Wildman–Crippen LogP) is 4.70. The van der Waals surface area contributed by atoms with E-state index < -0.39 is 23.4 Å². The highest BCUT2D eigenvalue weighted by Gasteiger charge is 2.29. The molecule has 0 fully saturated rings. The molecule has 0 saturated heterocycles. The molecule has 2 aromatic carbocycles. The Kier molecular flexibility index (Phi) is 7.71. The number of hydrogen-bond acceptors (Lipinski definition) is 5. The summed E-state index contributed by atoms with van der Waals surface area (Å²) in [6.45, 7) is 9.00. The molecule has 0 aliphatic carbocycles. The molecule has 0 saturated carbocycles. The van der Waals surface area contributed by atoms with Crippen LogP contribution in [0.3, 0.4) is 0 Å². The largest absolute Gasteiger partial charge is 0.484 e. The first-order valence-corrected chi connectivity index (χ1v) is 11.6. The second-order valence-electron chi connectivity index (χ2n) is 9.99. The monoisotopic (exact) mass is 497 g/mol. The summed E-state index contributed by atoms with van der Waals surface area (Å²) in [5, 5.41) is 0.666. The molecule has 0 spiro atoms. The third-order valence-corrected chi connectivity index (χ3v) is 5.27. The van der Waals surface area contributed by atoms with Gasteiger partial charge in [0.25, 0.3) is 11.5 Å². The first kappa shape index (κ1) is 26.7. The fourth-order valence-corrected chi connectivity index (χ4v) is 3.89. The first-order chi connectivity index (χ1) is 16.8. The lowest BCUT2D eigenvalue weighted by Crippen LogP contribution is -2.38. The zero-order valence-corrected chi connectivity index (χ0v) is 21.4. The topological polar surface area (TPSA) is 104 Å². The van der Waals surface area contributed by atoms with E-state index in [9.17, 15) is 14.4 Å². The van der Waals surface area contributed by atoms with Gasteiger partial charge in [-0.15, -0.1) is 0 Å². The number of aromatic nitrogens is 1. The molecule has 0 aliphatic rings. The van der Waals surface area contributed by atoms with Crippen molar-refractivity contribution in [2.24, 2.45) is 11.7 Å². The van der Waals surface area contributed by atoms with Gasteiger partial charge < -0.3 is 15.2 Å². The maximum Gasteiger partial charge on any atom is 0.415 e. The fraction of sp³-hybridized carbons (Fsp3) is 0.370. The molecule has 9 heteroatoms. The number of pyridine rings is 1. The SMILES string of the molecule is CC(C)Cn1c(N(C)C(=O)OC(C)(C)C)c(-c2ccccc2F)c2cc(OCC(N)=O)ccc2c1=O. The van der Waals surface area contributed by atoms with Crippen LogP contribution in [0.2, 0.25) is 0 Å². The number of benzene rings is 2. The van der Waals surface area contributed by atoms with Crippen molar-refractivity contribution >= 4 is 28.6 Å². The maximum absolute atomic E-state index is 15.3. The van der Waals surface area contributed by atoms with Crippen LogP contribution in [-0.2, 0) is 16.1 Å². The van der Waals surface area contributed by atoms with Crippen molar-refractivity contribution in [2.75, 3.05) is 18.6 Å². The molecule has 1 heterocycles. The van der Waals surface area contributed by atoms with Crippen molar-refractivity contribution in [3.63, 3.8) is 0 Å². The van der Waals surface area contributed by atoms with Crippen molar-refractivity contribution in [1.82, 2.24) is 4.57 Å². The Balaban J connectivity index is 2.45. The van der Waals surface area contributed by atoms with Gasteiger partial charge in [0.15, 0.2) is 6.61 Å². The highest BCUT2D eigenvalue weighted by molar-refractivity contribution is 6.05. The predicted molar refractivity (Wildman–Crippen MR) is 138 cm³/mol. The highest BCUT2D eigenvalue weighted by Crippen LogP contribution is 2.39. The summed E-state index contributed by atoms with van der Waals surface area (Å²) in [6.07, 6.45) is -0.697. The lowest BCUT2D eigenvalue weighted by molar-refractivity contribution is -0.119. The lowest BCUT2D eigenvalue weighted by atomic mass is 9.97. The number of carbonyl (C=O) groups excluding carboxylic acids is 2. The molecule has 3 aromatic rings. The van der Waals surface area contributed by atoms with E-state index in [0.717, 1.165) is 0 Å². The van der Waals surface area contributed by atoms with E-state index >= 15 is 4.39 Å². The van der Waals surface area contributed by atoms with Crippen LogP contribution in [-0.4, -0.2) is 35.8 Å². The fourth-order valence-electron chi connectivity index (χ4n) is 3.89. The molecule has 0 radical (unpaired) electrons. The average Bonchev–Trinajstić information content (AvgIpc) is 2.78. The van der Waals surface area contributed by atoms with Crippen molar-refractivity contribution in [2.45, 2.75) is 46.8 Å². The molecule has 0 unspecified atom stereocenters. The van der Waals surface area contributed by atoms with E-state index in [1.165, 1.54) is 22.6 Å². The van der Waals surface area contributed by atoms with Crippen LogP contribution in [0.15, 0.2) is 47.3 Å². The van der Waals surface area contributed by atoms with Crippen molar-refractivity contribution in [3.8, 4) is 16.9 Å². The second kappa shape index (κ2) is 10.4. The minimum absolute atomic E-state index is 0.0394. The number of hydrogen-bond donors (Lipinski definition) is 1. The van der Waals surface area contributed by atoms with Gasteiger partial charge in [-0.25, -0.2) is 9.18 Å². The molecule has 0 bridgehead atoms. The van der Waals surface area contributed by atoms with E-state index in [1.54, 1.807) is 57.2 Å². The van der Waals surface area contributed by atoms with E-state index in [1.807, 2.05) is 13.8 Å². The Morgan fingerprint density at radius 1 is 1.11 bits per heavy atom. The maximum atomic E-state index is 15.3. The number of amides is 2. The van der Waals surface area contributed by atoms with Crippen LogP contribution in [0.1, 0.15) is 34.6 Å². The van der Waals surface area contributed by atoms with E-state index in [2.05, 4.69) is 0 Å². The average molecular weight is 498 g/mol. The molecule has 192 valence electrons. The highest BCUT2D eigenvalue weighted by atomic mass is 19.1. The summed E-state index contributed by atoms with van der Waals surface area (Å²) in [7, 11) is 1.49. The normalized spacial score (nSPS) is 11.6. The summed E-state index contributed by atoms with van der Waals surface area (Å²) in [6, 6.07) is 10.8. The van der Waals surface area contributed by atoms with Gasteiger partial charge in [-0.2, -0.15) is 0 Å². The summed E-state index contributed by atoms with van der Waals surface area (Å²) in [5.74, 6) is -0.700. The van der Waals surface area contributed by atoms with Gasteiger partial charge in [0.2, 0.25) is 0 Å². The van der Waals surface area contributed by atoms with Crippen molar-refractivity contribution in [1.29, 1.82) is 0 Å². The number of carbonyl (C=O) groups is 2. The molecule has 36 heavy (non-hydrogen) atoms. The number of ether oxygens (including phenoxy) is 2. The third kappa shape index (κ3) is 5.84. The lowest BCUT2D eigenvalue weighted by Gasteiger charge is -2.29.